The van der Waals surface area contributed by atoms with Gasteiger partial charge >= 0.3 is 0 Å². The molecule has 0 spiro atoms. The van der Waals surface area contributed by atoms with Crippen LogP contribution in [0.25, 0.3) is 0 Å². The van der Waals surface area contributed by atoms with Crippen LogP contribution in [0.1, 0.15) is 47.2 Å². The highest BCUT2D eigenvalue weighted by Gasteiger charge is 2.73. The van der Waals surface area contributed by atoms with Crippen molar-refractivity contribution in [1.29, 1.82) is 0 Å². The minimum atomic E-state index is -1.15. The molecular weight excluding hydrogens is 453 g/mol. The summed E-state index contributed by atoms with van der Waals surface area (Å²) in [7, 11) is 0. The van der Waals surface area contributed by atoms with Crippen LogP contribution in [0, 0.1) is 11.8 Å². The number of para-hydroxylation sites is 1. The monoisotopic (exact) mass is 475 g/mol. The Balaban J connectivity index is 1.66. The van der Waals surface area contributed by atoms with E-state index in [4.69, 9.17) is 23.2 Å². The van der Waals surface area contributed by atoms with E-state index in [1.54, 1.807) is 0 Å². The van der Waals surface area contributed by atoms with Gasteiger partial charge in [0.25, 0.3) is 0 Å². The molecule has 2 atom stereocenters. The second-order valence-electron chi connectivity index (χ2n) is 9.11. The lowest BCUT2D eigenvalue weighted by molar-refractivity contribution is -0.122. The Kier molecular flexibility index (Phi) is 4.41. The molecule has 1 heterocycles. The molecule has 166 valence electrons. The summed E-state index contributed by atoms with van der Waals surface area (Å²) in [5.41, 5.74) is 5.95. The molecule has 3 aliphatic carbocycles. The molecule has 7 rings (SSSR count). The van der Waals surface area contributed by atoms with E-state index in [1.165, 1.54) is 4.90 Å². The number of halogens is 2. The van der Waals surface area contributed by atoms with Gasteiger partial charge in [-0.2, -0.15) is 0 Å². The van der Waals surface area contributed by atoms with Crippen molar-refractivity contribution in [3.63, 3.8) is 0 Å². The van der Waals surface area contributed by atoms with Crippen molar-refractivity contribution in [3.05, 3.63) is 100 Å². The first kappa shape index (κ1) is 20.9. The quantitative estimate of drug-likeness (QED) is 0.348. The van der Waals surface area contributed by atoms with Crippen LogP contribution < -0.4 is 4.90 Å². The van der Waals surface area contributed by atoms with E-state index in [0.29, 0.717) is 18.5 Å². The maximum atomic E-state index is 14.2. The van der Waals surface area contributed by atoms with Gasteiger partial charge in [-0.3, -0.25) is 9.59 Å². The molecular formula is C28H23Cl2NO2. The van der Waals surface area contributed by atoms with Gasteiger partial charge in [0.1, 0.15) is 9.75 Å². The summed E-state index contributed by atoms with van der Waals surface area (Å²) < 4.78 is 0. The summed E-state index contributed by atoms with van der Waals surface area (Å²) in [5, 5.41) is 0. The lowest BCUT2D eigenvalue weighted by Gasteiger charge is -2.54. The Bertz CT molecular complexity index is 1200. The summed E-state index contributed by atoms with van der Waals surface area (Å²) >= 11 is 15.0. The molecule has 0 saturated carbocycles. The van der Waals surface area contributed by atoms with E-state index in [0.717, 1.165) is 33.4 Å². The van der Waals surface area contributed by atoms with Crippen LogP contribution in [0.4, 0.5) is 5.69 Å². The van der Waals surface area contributed by atoms with Crippen LogP contribution in [0.2, 0.25) is 0 Å². The van der Waals surface area contributed by atoms with Crippen LogP contribution in [0.5, 0.6) is 0 Å². The van der Waals surface area contributed by atoms with Gasteiger partial charge in [-0.25, -0.2) is 4.90 Å². The number of carbonyl (C=O) groups is 2. The van der Waals surface area contributed by atoms with Crippen molar-refractivity contribution in [2.75, 3.05) is 4.90 Å². The maximum absolute atomic E-state index is 14.2. The van der Waals surface area contributed by atoms with Gasteiger partial charge in [0.2, 0.25) is 11.8 Å². The molecule has 0 N–H and O–H groups in total. The maximum Gasteiger partial charge on any atom is 0.240 e. The lowest BCUT2D eigenvalue weighted by Crippen LogP contribution is -2.57. The fourth-order valence-corrected chi connectivity index (χ4v) is 7.49. The normalized spacial score (nSPS) is 29.2. The Morgan fingerprint density at radius 1 is 0.667 bits per heavy atom. The van der Waals surface area contributed by atoms with Crippen LogP contribution in [0.3, 0.4) is 0 Å². The zero-order chi connectivity index (χ0) is 23.1. The predicted molar refractivity (Wildman–Crippen MR) is 131 cm³/mol. The zero-order valence-electron chi connectivity index (χ0n) is 18.4. The molecule has 0 aromatic heterocycles. The SMILES string of the molecule is CCc1cccc(CC)c1N1C(=O)[C@@H]2[C@@H](C1=O)C1(Cl)c3ccccc3C2(Cl)c2ccccc21. The minimum Gasteiger partial charge on any atom is -0.274 e. The number of carbonyl (C=O) groups excluding carboxylic acids is 2. The summed E-state index contributed by atoms with van der Waals surface area (Å²) in [6.45, 7) is 4.08. The van der Waals surface area contributed by atoms with E-state index < -0.39 is 21.6 Å². The van der Waals surface area contributed by atoms with E-state index in [2.05, 4.69) is 0 Å². The smallest absolute Gasteiger partial charge is 0.240 e. The second kappa shape index (κ2) is 6.94. The number of aryl methyl sites for hydroxylation is 2. The van der Waals surface area contributed by atoms with Crippen molar-refractivity contribution in [1.82, 2.24) is 0 Å². The first-order valence-corrected chi connectivity index (χ1v) is 12.2. The predicted octanol–water partition coefficient (Wildman–Crippen LogP) is 5.91. The van der Waals surface area contributed by atoms with Gasteiger partial charge in [-0.15, -0.1) is 23.2 Å². The van der Waals surface area contributed by atoms with Crippen LogP contribution in [-0.2, 0) is 32.2 Å². The van der Waals surface area contributed by atoms with E-state index in [9.17, 15) is 9.59 Å². The number of nitrogens with zero attached hydrogens (tertiary/aromatic N) is 1. The van der Waals surface area contributed by atoms with Gasteiger partial charge < -0.3 is 0 Å². The highest BCUT2D eigenvalue weighted by Crippen LogP contribution is 2.69. The van der Waals surface area contributed by atoms with Gasteiger partial charge in [-0.1, -0.05) is 80.6 Å². The Morgan fingerprint density at radius 2 is 1.03 bits per heavy atom. The fraction of sp³-hybridized carbons (Fsp3) is 0.286. The molecule has 3 aromatic carbocycles. The van der Waals surface area contributed by atoms with Crippen LogP contribution in [0.15, 0.2) is 66.7 Å². The number of alkyl halides is 2. The lowest BCUT2D eigenvalue weighted by atomic mass is 9.54. The number of hydrogen-bond donors (Lipinski definition) is 0. The molecule has 0 unspecified atom stereocenters. The number of benzene rings is 3. The van der Waals surface area contributed by atoms with Gasteiger partial charge in [0, 0.05) is 0 Å². The summed E-state index contributed by atoms with van der Waals surface area (Å²) in [6.07, 6.45) is 1.43. The third-order valence-electron chi connectivity index (χ3n) is 7.77. The Labute approximate surface area is 203 Å². The molecule has 2 amide bonds. The highest BCUT2D eigenvalue weighted by molar-refractivity contribution is 6.38. The van der Waals surface area contributed by atoms with Crippen molar-refractivity contribution < 1.29 is 9.59 Å². The van der Waals surface area contributed by atoms with Gasteiger partial charge in [0.15, 0.2) is 0 Å². The largest absolute Gasteiger partial charge is 0.274 e. The van der Waals surface area contributed by atoms with Crippen molar-refractivity contribution in [2.45, 2.75) is 36.4 Å². The van der Waals surface area contributed by atoms with E-state index in [-0.39, 0.29) is 11.8 Å². The highest BCUT2D eigenvalue weighted by atomic mass is 35.5. The molecule has 1 fully saturated rings. The number of amides is 2. The van der Waals surface area contributed by atoms with Crippen LogP contribution in [-0.4, -0.2) is 11.8 Å². The molecule has 1 aliphatic heterocycles. The molecule has 3 aromatic rings. The first-order valence-electron chi connectivity index (χ1n) is 11.5. The molecule has 4 aliphatic rings. The van der Waals surface area contributed by atoms with Gasteiger partial charge in [-0.05, 0) is 46.2 Å². The van der Waals surface area contributed by atoms with Crippen molar-refractivity contribution in [2.24, 2.45) is 11.8 Å². The van der Waals surface area contributed by atoms with E-state index >= 15 is 0 Å². The summed E-state index contributed by atoms with van der Waals surface area (Å²) in [4.78, 5) is 27.5. The molecule has 2 bridgehead atoms. The number of hydrogen-bond acceptors (Lipinski definition) is 2. The molecule has 1 saturated heterocycles. The topological polar surface area (TPSA) is 37.4 Å². The van der Waals surface area contributed by atoms with Crippen LogP contribution >= 0.6 is 23.2 Å². The summed E-state index contributed by atoms with van der Waals surface area (Å²) in [6, 6.07) is 21.4. The van der Waals surface area contributed by atoms with Crippen molar-refractivity contribution in [3.8, 4) is 0 Å². The van der Waals surface area contributed by atoms with E-state index in [1.807, 2.05) is 80.6 Å². The first-order chi connectivity index (χ1) is 15.9. The molecule has 5 heteroatoms. The Morgan fingerprint density at radius 3 is 1.36 bits per heavy atom. The Hall–Kier alpha value is -2.62. The average molecular weight is 476 g/mol. The molecule has 0 radical (unpaired) electrons. The van der Waals surface area contributed by atoms with Crippen molar-refractivity contribution >= 4 is 40.7 Å². The second-order valence-corrected chi connectivity index (χ2v) is 10.3. The minimum absolute atomic E-state index is 0.260. The molecule has 33 heavy (non-hydrogen) atoms. The number of rotatable bonds is 3. The molecule has 3 nitrogen and oxygen atoms in total. The number of imide groups is 1. The average Bonchev–Trinajstić information content (AvgIpc) is 3.12. The number of anilines is 1. The van der Waals surface area contributed by atoms with Gasteiger partial charge in [0.05, 0.1) is 17.5 Å². The fourth-order valence-electron chi connectivity index (χ4n) is 6.39. The third kappa shape index (κ3) is 2.32. The third-order valence-corrected chi connectivity index (χ3v) is 9.06. The standard InChI is InChI=1S/C28H23Cl2NO2/c1-3-16-10-9-11-17(4-2)24(16)31-25(32)22-23(26(31)33)28(30)19-13-6-5-12-18(19)27(22,29)20-14-7-8-15-21(20)28/h5-15,22-23H,3-4H2,1-2H3/t22-,23-,27?,28?/m0/s1. The zero-order valence-corrected chi connectivity index (χ0v) is 20.0. The summed E-state index contributed by atoms with van der Waals surface area (Å²) in [5.74, 6) is -2.07.